The Morgan fingerprint density at radius 1 is 0.667 bits per heavy atom. The summed E-state index contributed by atoms with van der Waals surface area (Å²) in [5.41, 5.74) is 1.41. The number of nitrogens with one attached hydrogen (secondary N) is 2. The molecule has 1 aliphatic carbocycles. The topological polar surface area (TPSA) is 64.5 Å². The van der Waals surface area contributed by atoms with Crippen molar-refractivity contribution in [3.05, 3.63) is 60.2 Å². The van der Waals surface area contributed by atoms with E-state index in [1.54, 1.807) is 24.3 Å². The molecule has 4 N–H and O–H groups in total. The fourth-order valence-electron chi connectivity index (χ4n) is 2.99. The Morgan fingerprint density at radius 2 is 1.04 bits per heavy atom. The summed E-state index contributed by atoms with van der Waals surface area (Å²) >= 11 is 0. The highest BCUT2D eigenvalue weighted by Crippen LogP contribution is 2.26. The third kappa shape index (κ3) is 4.01. The quantitative estimate of drug-likeness (QED) is 0.694. The fraction of sp³-hybridized carbons (Fsp3) is 0.333. The normalized spacial score (nSPS) is 26.8. The molecular formula is C18H20F2N2O2. The molecule has 0 bridgehead atoms. The maximum Gasteiger partial charge on any atom is 0.123 e. The van der Waals surface area contributed by atoms with E-state index in [0.717, 1.165) is 0 Å². The van der Waals surface area contributed by atoms with Crippen molar-refractivity contribution in [1.82, 2.24) is 0 Å². The van der Waals surface area contributed by atoms with E-state index in [1.807, 2.05) is 0 Å². The van der Waals surface area contributed by atoms with E-state index in [9.17, 15) is 19.0 Å². The van der Waals surface area contributed by atoms with Gasteiger partial charge >= 0.3 is 0 Å². The van der Waals surface area contributed by atoms with Crippen LogP contribution in [0.1, 0.15) is 12.8 Å². The highest BCUT2D eigenvalue weighted by atomic mass is 19.1. The van der Waals surface area contributed by atoms with Gasteiger partial charge in [-0.05, 0) is 55.0 Å². The lowest BCUT2D eigenvalue weighted by molar-refractivity contribution is 0.0242. The van der Waals surface area contributed by atoms with E-state index in [0.29, 0.717) is 17.8 Å². The molecule has 0 spiro atoms. The van der Waals surface area contributed by atoms with Gasteiger partial charge in [0.25, 0.3) is 0 Å². The molecule has 0 saturated heterocycles. The molecule has 4 nitrogen and oxygen atoms in total. The van der Waals surface area contributed by atoms with Crippen molar-refractivity contribution in [3.8, 4) is 0 Å². The zero-order chi connectivity index (χ0) is 17.1. The van der Waals surface area contributed by atoms with E-state index in [-0.39, 0.29) is 30.1 Å². The second kappa shape index (κ2) is 7.15. The van der Waals surface area contributed by atoms with Crippen LogP contribution in [0.25, 0.3) is 0 Å². The van der Waals surface area contributed by atoms with Gasteiger partial charge in [-0.25, -0.2) is 8.78 Å². The molecule has 1 fully saturated rings. The first kappa shape index (κ1) is 16.7. The lowest BCUT2D eigenvalue weighted by atomic mass is 9.86. The van der Waals surface area contributed by atoms with Gasteiger partial charge in [0.2, 0.25) is 0 Å². The Kier molecular flexibility index (Phi) is 4.97. The van der Waals surface area contributed by atoms with Crippen molar-refractivity contribution in [2.75, 3.05) is 10.6 Å². The molecule has 0 aliphatic heterocycles. The predicted octanol–water partition coefficient (Wildman–Crippen LogP) is 2.74. The average Bonchev–Trinajstić information content (AvgIpc) is 2.56. The largest absolute Gasteiger partial charge is 0.391 e. The summed E-state index contributed by atoms with van der Waals surface area (Å²) in [6, 6.07) is 11.3. The maximum atomic E-state index is 13.0. The van der Waals surface area contributed by atoms with Crippen LogP contribution in [-0.2, 0) is 0 Å². The Balaban J connectivity index is 1.67. The van der Waals surface area contributed by atoms with Gasteiger partial charge in [-0.2, -0.15) is 0 Å². The van der Waals surface area contributed by atoms with Crippen molar-refractivity contribution in [1.29, 1.82) is 0 Å². The van der Waals surface area contributed by atoms with Gasteiger partial charge < -0.3 is 20.8 Å². The Morgan fingerprint density at radius 3 is 1.42 bits per heavy atom. The van der Waals surface area contributed by atoms with Crippen LogP contribution in [0.3, 0.4) is 0 Å². The first-order valence-electron chi connectivity index (χ1n) is 7.91. The van der Waals surface area contributed by atoms with Gasteiger partial charge in [-0.15, -0.1) is 0 Å². The van der Waals surface area contributed by atoms with Crippen molar-refractivity contribution >= 4 is 11.4 Å². The third-order valence-corrected chi connectivity index (χ3v) is 4.31. The van der Waals surface area contributed by atoms with Crippen LogP contribution in [0.4, 0.5) is 20.2 Å². The number of halogens is 2. The molecule has 1 aliphatic rings. The molecule has 4 atom stereocenters. The number of benzene rings is 2. The zero-order valence-electron chi connectivity index (χ0n) is 13.0. The van der Waals surface area contributed by atoms with Crippen LogP contribution in [-0.4, -0.2) is 34.5 Å². The minimum absolute atomic E-state index is 0.220. The number of rotatable bonds is 4. The maximum absolute atomic E-state index is 13.0. The third-order valence-electron chi connectivity index (χ3n) is 4.31. The van der Waals surface area contributed by atoms with Gasteiger partial charge in [0.05, 0.1) is 24.3 Å². The molecular weight excluding hydrogens is 314 g/mol. The standard InChI is InChI=1S/C18H20F2N2O2/c19-11-1-5-13(6-2-11)21-15-9-16(18(24)10-17(15)23)22-14-7-3-12(20)4-8-14/h1-8,15-18,21-24H,9-10H2/t15-,16-,17-,18-/m1/s1. The molecule has 24 heavy (non-hydrogen) atoms. The molecule has 0 aromatic heterocycles. The van der Waals surface area contributed by atoms with Crippen molar-refractivity contribution < 1.29 is 19.0 Å². The van der Waals surface area contributed by atoms with Crippen molar-refractivity contribution in [2.24, 2.45) is 0 Å². The summed E-state index contributed by atoms with van der Waals surface area (Å²) in [5.74, 6) is -0.646. The fourth-order valence-corrected chi connectivity index (χ4v) is 2.99. The number of aliphatic hydroxyl groups excluding tert-OH is 2. The number of aliphatic hydroxyl groups is 2. The van der Waals surface area contributed by atoms with E-state index in [2.05, 4.69) is 10.6 Å². The summed E-state index contributed by atoms with van der Waals surface area (Å²) in [7, 11) is 0. The smallest absolute Gasteiger partial charge is 0.123 e. The van der Waals surface area contributed by atoms with E-state index >= 15 is 0 Å². The molecule has 0 radical (unpaired) electrons. The molecule has 128 valence electrons. The summed E-state index contributed by atoms with van der Waals surface area (Å²) in [6.07, 6.45) is -0.734. The molecule has 6 heteroatoms. The average molecular weight is 334 g/mol. The highest BCUT2D eigenvalue weighted by molar-refractivity contribution is 5.46. The molecule has 1 saturated carbocycles. The van der Waals surface area contributed by atoms with Gasteiger partial charge in [0, 0.05) is 17.8 Å². The SMILES string of the molecule is O[C@@H]1C[C@@H](O)[C@H](Nc2ccc(F)cc2)C[C@H]1Nc1ccc(F)cc1. The summed E-state index contributed by atoms with van der Waals surface area (Å²) in [4.78, 5) is 0. The van der Waals surface area contributed by atoms with Gasteiger partial charge in [-0.3, -0.25) is 0 Å². The zero-order valence-corrected chi connectivity index (χ0v) is 13.0. The van der Waals surface area contributed by atoms with Crippen LogP contribution in [0.15, 0.2) is 48.5 Å². The first-order chi connectivity index (χ1) is 11.5. The molecule has 2 aromatic rings. The first-order valence-corrected chi connectivity index (χ1v) is 7.91. The Bertz CT molecular complexity index is 606. The molecule has 0 heterocycles. The van der Waals surface area contributed by atoms with Crippen LogP contribution >= 0.6 is 0 Å². The van der Waals surface area contributed by atoms with Gasteiger partial charge in [-0.1, -0.05) is 0 Å². The second-order valence-corrected chi connectivity index (χ2v) is 6.12. The van der Waals surface area contributed by atoms with Crippen LogP contribution in [0.5, 0.6) is 0 Å². The van der Waals surface area contributed by atoms with E-state index in [1.165, 1.54) is 24.3 Å². The Hall–Kier alpha value is -2.18. The monoisotopic (exact) mass is 334 g/mol. The number of anilines is 2. The second-order valence-electron chi connectivity index (χ2n) is 6.12. The van der Waals surface area contributed by atoms with Crippen LogP contribution in [0, 0.1) is 11.6 Å². The summed E-state index contributed by atoms with van der Waals surface area (Å²) in [6.45, 7) is 0. The summed E-state index contributed by atoms with van der Waals surface area (Å²) in [5, 5.41) is 26.8. The lowest BCUT2D eigenvalue weighted by Gasteiger charge is -2.38. The molecule has 0 amide bonds. The molecule has 0 unspecified atom stereocenters. The van der Waals surface area contributed by atoms with E-state index < -0.39 is 12.2 Å². The summed E-state index contributed by atoms with van der Waals surface area (Å²) < 4.78 is 26.0. The Labute approximate surface area is 139 Å². The molecule has 2 aromatic carbocycles. The highest BCUT2D eigenvalue weighted by Gasteiger charge is 2.35. The van der Waals surface area contributed by atoms with Crippen LogP contribution in [0.2, 0.25) is 0 Å². The van der Waals surface area contributed by atoms with Crippen molar-refractivity contribution in [2.45, 2.75) is 37.1 Å². The number of hydrogen-bond donors (Lipinski definition) is 4. The lowest BCUT2D eigenvalue weighted by Crippen LogP contribution is -2.51. The minimum Gasteiger partial charge on any atom is -0.391 e. The van der Waals surface area contributed by atoms with Crippen molar-refractivity contribution in [3.63, 3.8) is 0 Å². The van der Waals surface area contributed by atoms with Gasteiger partial charge in [0.1, 0.15) is 11.6 Å². The predicted molar refractivity (Wildman–Crippen MR) is 88.9 cm³/mol. The minimum atomic E-state index is -0.712. The van der Waals surface area contributed by atoms with Crippen LogP contribution < -0.4 is 10.6 Å². The van der Waals surface area contributed by atoms with Gasteiger partial charge in [0.15, 0.2) is 0 Å². The molecule has 3 rings (SSSR count). The van der Waals surface area contributed by atoms with E-state index in [4.69, 9.17) is 0 Å². The number of hydrogen-bond acceptors (Lipinski definition) is 4.